The van der Waals surface area contributed by atoms with E-state index in [1.807, 2.05) is 0 Å². The summed E-state index contributed by atoms with van der Waals surface area (Å²) in [5.41, 5.74) is 1.87. The summed E-state index contributed by atoms with van der Waals surface area (Å²) in [5.74, 6) is 0.254. The Bertz CT molecular complexity index is 1150. The molecular weight excluding hydrogens is 472 g/mol. The molecule has 8 nitrogen and oxygen atoms in total. The molecule has 0 fully saturated rings. The number of benzene rings is 3. The molecule has 0 aromatic heterocycles. The topological polar surface area (TPSA) is 103 Å². The average molecular weight is 497 g/mol. The third-order valence-corrected chi connectivity index (χ3v) is 5.00. The number of anilines is 1. The molecule has 182 valence electrons. The van der Waals surface area contributed by atoms with Gasteiger partial charge in [0, 0.05) is 22.8 Å². The van der Waals surface area contributed by atoms with Gasteiger partial charge in [-0.05, 0) is 80.1 Å². The van der Waals surface area contributed by atoms with E-state index in [2.05, 4.69) is 10.6 Å². The maximum absolute atomic E-state index is 12.4. The molecule has 0 saturated heterocycles. The molecule has 3 aromatic rings. The molecule has 3 aromatic carbocycles. The van der Waals surface area contributed by atoms with Crippen molar-refractivity contribution in [2.45, 2.75) is 26.5 Å². The first-order valence-electron chi connectivity index (χ1n) is 10.9. The summed E-state index contributed by atoms with van der Waals surface area (Å²) in [4.78, 5) is 36.1. The summed E-state index contributed by atoms with van der Waals surface area (Å²) in [6.07, 6.45) is -1.50. The van der Waals surface area contributed by atoms with E-state index >= 15 is 0 Å². The van der Waals surface area contributed by atoms with Gasteiger partial charge in [-0.25, -0.2) is 4.79 Å². The third kappa shape index (κ3) is 8.04. The van der Waals surface area contributed by atoms with Crippen molar-refractivity contribution < 1.29 is 28.6 Å². The van der Waals surface area contributed by atoms with Gasteiger partial charge in [0.15, 0.2) is 6.10 Å². The number of nitrogens with one attached hydrogen (secondary N) is 2. The van der Waals surface area contributed by atoms with E-state index in [1.54, 1.807) is 74.5 Å². The summed E-state index contributed by atoms with van der Waals surface area (Å²) in [7, 11) is 0. The number of carbonyl (C=O) groups is 3. The average Bonchev–Trinajstić information content (AvgIpc) is 2.85. The molecule has 0 radical (unpaired) electrons. The van der Waals surface area contributed by atoms with E-state index in [9.17, 15) is 14.4 Å². The SMILES string of the molecule is CCOC(=O)Oc1ccc(C(=O)NCc2ccc(NC(=O)C(C)Oc3ccc(Cl)cc3)cc2)cc1. The highest BCUT2D eigenvalue weighted by molar-refractivity contribution is 6.30. The van der Waals surface area contributed by atoms with E-state index in [0.717, 1.165) is 5.56 Å². The second kappa shape index (κ2) is 12.4. The molecule has 0 heterocycles. The minimum absolute atomic E-state index is 0.213. The molecule has 35 heavy (non-hydrogen) atoms. The molecule has 0 saturated carbocycles. The van der Waals surface area contributed by atoms with Crippen LogP contribution >= 0.6 is 11.6 Å². The van der Waals surface area contributed by atoms with Crippen molar-refractivity contribution in [2.75, 3.05) is 11.9 Å². The van der Waals surface area contributed by atoms with Crippen LogP contribution < -0.4 is 20.1 Å². The lowest BCUT2D eigenvalue weighted by Crippen LogP contribution is -2.30. The lowest BCUT2D eigenvalue weighted by Gasteiger charge is -2.15. The summed E-state index contributed by atoms with van der Waals surface area (Å²) in [6.45, 7) is 3.84. The van der Waals surface area contributed by atoms with Crippen LogP contribution in [0.3, 0.4) is 0 Å². The second-order valence-electron chi connectivity index (χ2n) is 7.39. The van der Waals surface area contributed by atoms with Gasteiger partial charge in [0.1, 0.15) is 11.5 Å². The highest BCUT2D eigenvalue weighted by Gasteiger charge is 2.15. The smallest absolute Gasteiger partial charge is 0.481 e. The molecule has 0 aliphatic heterocycles. The molecule has 0 aliphatic rings. The fourth-order valence-corrected chi connectivity index (χ4v) is 3.05. The zero-order valence-electron chi connectivity index (χ0n) is 19.2. The number of rotatable bonds is 9. The molecule has 2 N–H and O–H groups in total. The lowest BCUT2D eigenvalue weighted by molar-refractivity contribution is -0.122. The predicted molar refractivity (Wildman–Crippen MR) is 132 cm³/mol. The van der Waals surface area contributed by atoms with Gasteiger partial charge >= 0.3 is 6.16 Å². The van der Waals surface area contributed by atoms with Crippen molar-refractivity contribution in [3.8, 4) is 11.5 Å². The highest BCUT2D eigenvalue weighted by atomic mass is 35.5. The summed E-state index contributed by atoms with van der Waals surface area (Å²) in [6, 6.07) is 20.0. The number of amides is 2. The van der Waals surface area contributed by atoms with Gasteiger partial charge in [0.25, 0.3) is 11.8 Å². The molecule has 1 unspecified atom stereocenters. The first-order valence-corrected chi connectivity index (χ1v) is 11.3. The fraction of sp³-hybridized carbons (Fsp3) is 0.192. The van der Waals surface area contributed by atoms with Gasteiger partial charge in [-0.15, -0.1) is 0 Å². The Balaban J connectivity index is 1.46. The number of hydrogen-bond donors (Lipinski definition) is 2. The van der Waals surface area contributed by atoms with Gasteiger partial charge in [0.2, 0.25) is 0 Å². The first kappa shape index (κ1) is 25.6. The summed E-state index contributed by atoms with van der Waals surface area (Å²) in [5, 5.41) is 6.20. The molecule has 0 bridgehead atoms. The minimum atomic E-state index is -0.798. The largest absolute Gasteiger partial charge is 0.513 e. The van der Waals surface area contributed by atoms with Crippen LogP contribution in [-0.2, 0) is 16.1 Å². The van der Waals surface area contributed by atoms with Crippen molar-refractivity contribution in [1.82, 2.24) is 5.32 Å². The van der Waals surface area contributed by atoms with E-state index in [1.165, 1.54) is 12.1 Å². The Kier molecular flexibility index (Phi) is 9.09. The Morgan fingerprint density at radius 1 is 0.886 bits per heavy atom. The number of hydrogen-bond acceptors (Lipinski definition) is 6. The highest BCUT2D eigenvalue weighted by Crippen LogP contribution is 2.18. The Hall–Kier alpha value is -4.04. The van der Waals surface area contributed by atoms with E-state index in [4.69, 9.17) is 25.8 Å². The zero-order chi connectivity index (χ0) is 25.2. The van der Waals surface area contributed by atoms with Crippen LogP contribution in [0.25, 0.3) is 0 Å². The normalized spacial score (nSPS) is 11.2. The van der Waals surface area contributed by atoms with Crippen LogP contribution in [0, 0.1) is 0 Å². The molecule has 0 spiro atoms. The molecular formula is C26H25ClN2O6. The number of ether oxygens (including phenoxy) is 3. The van der Waals surface area contributed by atoms with Crippen LogP contribution in [0.2, 0.25) is 5.02 Å². The van der Waals surface area contributed by atoms with Crippen LogP contribution in [0.1, 0.15) is 29.8 Å². The summed E-state index contributed by atoms with van der Waals surface area (Å²) < 4.78 is 15.3. The molecule has 9 heteroatoms. The second-order valence-corrected chi connectivity index (χ2v) is 7.83. The maximum atomic E-state index is 12.4. The van der Waals surface area contributed by atoms with Gasteiger partial charge in [-0.2, -0.15) is 0 Å². The van der Waals surface area contributed by atoms with Crippen molar-refractivity contribution in [1.29, 1.82) is 0 Å². The quantitative estimate of drug-likeness (QED) is 0.311. The van der Waals surface area contributed by atoms with E-state index < -0.39 is 12.3 Å². The van der Waals surface area contributed by atoms with Crippen molar-refractivity contribution in [3.63, 3.8) is 0 Å². The number of carbonyl (C=O) groups excluding carboxylic acids is 3. The van der Waals surface area contributed by atoms with Gasteiger partial charge in [-0.3, -0.25) is 9.59 Å². The Morgan fingerprint density at radius 2 is 1.51 bits per heavy atom. The van der Waals surface area contributed by atoms with Crippen LogP contribution in [-0.4, -0.2) is 30.7 Å². The molecule has 2 amide bonds. The lowest BCUT2D eigenvalue weighted by atomic mass is 10.1. The molecule has 3 rings (SSSR count). The Morgan fingerprint density at radius 3 is 2.14 bits per heavy atom. The van der Waals surface area contributed by atoms with Crippen LogP contribution in [0.4, 0.5) is 10.5 Å². The first-order chi connectivity index (χ1) is 16.8. The fourth-order valence-electron chi connectivity index (χ4n) is 2.92. The summed E-state index contributed by atoms with van der Waals surface area (Å²) >= 11 is 5.85. The van der Waals surface area contributed by atoms with Gasteiger partial charge < -0.3 is 24.8 Å². The van der Waals surface area contributed by atoms with Gasteiger partial charge in [-0.1, -0.05) is 23.7 Å². The standard InChI is InChI=1S/C26H25ClN2O6/c1-3-33-26(32)35-23-12-6-19(7-13-23)25(31)28-16-18-4-10-21(11-5-18)29-24(30)17(2)34-22-14-8-20(27)9-15-22/h4-15,17H,3,16H2,1-2H3,(H,28,31)(H,29,30). The minimum Gasteiger partial charge on any atom is -0.481 e. The monoisotopic (exact) mass is 496 g/mol. The van der Waals surface area contributed by atoms with Crippen LogP contribution in [0.15, 0.2) is 72.8 Å². The van der Waals surface area contributed by atoms with Crippen molar-refractivity contribution in [3.05, 3.63) is 88.9 Å². The van der Waals surface area contributed by atoms with Gasteiger partial charge in [0.05, 0.1) is 6.61 Å². The number of halogens is 1. The predicted octanol–water partition coefficient (Wildman–Crippen LogP) is 5.21. The zero-order valence-corrected chi connectivity index (χ0v) is 20.0. The van der Waals surface area contributed by atoms with E-state index in [0.29, 0.717) is 28.6 Å². The van der Waals surface area contributed by atoms with E-state index in [-0.39, 0.29) is 24.2 Å². The molecule has 0 aliphatic carbocycles. The Labute approximate surface area is 208 Å². The maximum Gasteiger partial charge on any atom is 0.513 e. The van der Waals surface area contributed by atoms with Crippen molar-refractivity contribution >= 4 is 35.3 Å². The molecule has 1 atom stereocenters. The van der Waals surface area contributed by atoms with Crippen molar-refractivity contribution in [2.24, 2.45) is 0 Å². The third-order valence-electron chi connectivity index (χ3n) is 4.75. The van der Waals surface area contributed by atoms with Crippen LogP contribution in [0.5, 0.6) is 11.5 Å².